The molecule has 9 heteroatoms. The Labute approximate surface area is 158 Å². The maximum Gasteiger partial charge on any atom is 0.243 e. The van der Waals surface area contributed by atoms with Gasteiger partial charge in [-0.05, 0) is 31.3 Å². The van der Waals surface area contributed by atoms with Crippen molar-refractivity contribution in [2.75, 3.05) is 39.8 Å². The first-order valence-electron chi connectivity index (χ1n) is 8.76. The molecule has 3 rings (SSSR count). The molecule has 0 aliphatic carbocycles. The molecule has 0 bridgehead atoms. The number of rotatable bonds is 6. The van der Waals surface area contributed by atoms with Crippen molar-refractivity contribution in [3.63, 3.8) is 0 Å². The molecule has 1 fully saturated rings. The van der Waals surface area contributed by atoms with E-state index in [9.17, 15) is 17.2 Å². The van der Waals surface area contributed by atoms with E-state index in [4.69, 9.17) is 0 Å². The van der Waals surface area contributed by atoms with Crippen LogP contribution in [-0.4, -0.2) is 62.6 Å². The smallest absolute Gasteiger partial charge is 0.243 e. The summed E-state index contributed by atoms with van der Waals surface area (Å²) in [5.41, 5.74) is 0.974. The number of hydrogen-bond acceptors (Lipinski definition) is 4. The predicted octanol–water partition coefficient (Wildman–Crippen LogP) is 1.57. The van der Waals surface area contributed by atoms with Crippen LogP contribution in [0.3, 0.4) is 0 Å². The number of nitrogens with zero attached hydrogens (tertiary/aromatic N) is 3. The van der Waals surface area contributed by atoms with Crippen LogP contribution in [0, 0.1) is 11.6 Å². The average molecular weight is 398 g/mol. The number of sulfonamides is 1. The van der Waals surface area contributed by atoms with E-state index in [2.05, 4.69) is 21.6 Å². The highest BCUT2D eigenvalue weighted by atomic mass is 32.2. The van der Waals surface area contributed by atoms with Gasteiger partial charge in [0.15, 0.2) is 0 Å². The number of aryl methyl sites for hydroxylation is 1. The molecule has 1 saturated heterocycles. The van der Waals surface area contributed by atoms with Gasteiger partial charge in [-0.25, -0.2) is 21.9 Å². The fraction of sp³-hybridized carbons (Fsp3) is 0.444. The van der Waals surface area contributed by atoms with Crippen LogP contribution in [0.2, 0.25) is 0 Å². The number of piperazine rings is 1. The van der Waals surface area contributed by atoms with Crippen molar-refractivity contribution < 1.29 is 17.2 Å². The van der Waals surface area contributed by atoms with Crippen LogP contribution in [0.1, 0.15) is 11.7 Å². The highest BCUT2D eigenvalue weighted by Gasteiger charge is 2.28. The second kappa shape index (κ2) is 8.05. The fourth-order valence-corrected chi connectivity index (χ4v) is 4.43. The largest absolute Gasteiger partial charge is 0.353 e. The van der Waals surface area contributed by atoms with E-state index in [1.54, 1.807) is 0 Å². The summed E-state index contributed by atoms with van der Waals surface area (Å²) in [6, 6.07) is 6.14. The molecule has 1 aliphatic rings. The van der Waals surface area contributed by atoms with Crippen molar-refractivity contribution in [1.29, 1.82) is 0 Å². The maximum atomic E-state index is 13.9. The van der Waals surface area contributed by atoms with E-state index in [1.165, 1.54) is 0 Å². The number of halogens is 2. The van der Waals surface area contributed by atoms with Crippen LogP contribution in [0.4, 0.5) is 8.78 Å². The van der Waals surface area contributed by atoms with Gasteiger partial charge in [0, 0.05) is 57.7 Å². The van der Waals surface area contributed by atoms with Gasteiger partial charge >= 0.3 is 0 Å². The standard InChI is InChI=1S/C18H24F2N4O2S/c1-22-8-10-24(11-9-22)17(16-4-3-7-23(16)2)13-21-27(25,26)18-6-5-14(19)12-15(18)20/h3-7,12,17,21H,8-11,13H2,1-2H3/t17-/m1/s1. The minimum atomic E-state index is -4.09. The minimum absolute atomic E-state index is 0.0979. The molecular weight excluding hydrogens is 374 g/mol. The molecule has 148 valence electrons. The second-order valence-corrected chi connectivity index (χ2v) is 8.56. The van der Waals surface area contributed by atoms with Crippen molar-refractivity contribution in [3.8, 4) is 0 Å². The molecule has 1 aromatic carbocycles. The van der Waals surface area contributed by atoms with E-state index < -0.39 is 26.6 Å². The highest BCUT2D eigenvalue weighted by molar-refractivity contribution is 7.89. The molecule has 0 amide bonds. The number of likely N-dealkylation sites (N-methyl/N-ethyl adjacent to an activating group) is 1. The monoisotopic (exact) mass is 398 g/mol. The molecule has 0 unspecified atom stereocenters. The Morgan fingerprint density at radius 1 is 1.11 bits per heavy atom. The molecule has 1 aromatic heterocycles. The van der Waals surface area contributed by atoms with Gasteiger partial charge in [-0.15, -0.1) is 0 Å². The Bertz CT molecular complexity index is 893. The van der Waals surface area contributed by atoms with Crippen LogP contribution in [0.5, 0.6) is 0 Å². The third-order valence-corrected chi connectivity index (χ3v) is 6.41. The maximum absolute atomic E-state index is 13.9. The van der Waals surface area contributed by atoms with Gasteiger partial charge in [0.1, 0.15) is 16.5 Å². The highest BCUT2D eigenvalue weighted by Crippen LogP contribution is 2.23. The fourth-order valence-electron chi connectivity index (χ4n) is 3.33. The van der Waals surface area contributed by atoms with Crippen LogP contribution >= 0.6 is 0 Å². The molecule has 1 atom stereocenters. The van der Waals surface area contributed by atoms with Crippen molar-refractivity contribution in [2.24, 2.45) is 7.05 Å². The Morgan fingerprint density at radius 2 is 1.81 bits per heavy atom. The summed E-state index contributed by atoms with van der Waals surface area (Å²) in [6.45, 7) is 3.49. The van der Waals surface area contributed by atoms with Crippen LogP contribution in [0.25, 0.3) is 0 Å². The normalized spacial score (nSPS) is 17.9. The van der Waals surface area contributed by atoms with Gasteiger partial charge in [-0.2, -0.15) is 0 Å². The van der Waals surface area contributed by atoms with Gasteiger partial charge in [0.05, 0.1) is 6.04 Å². The summed E-state index contributed by atoms with van der Waals surface area (Å²) in [5.74, 6) is -1.91. The molecule has 0 spiro atoms. The zero-order chi connectivity index (χ0) is 19.6. The average Bonchev–Trinajstić information content (AvgIpc) is 3.02. The molecule has 0 radical (unpaired) electrons. The van der Waals surface area contributed by atoms with E-state index in [0.717, 1.165) is 44.0 Å². The minimum Gasteiger partial charge on any atom is -0.353 e. The molecule has 0 saturated carbocycles. The van der Waals surface area contributed by atoms with Crippen molar-refractivity contribution in [3.05, 3.63) is 53.9 Å². The van der Waals surface area contributed by atoms with Gasteiger partial charge in [0.2, 0.25) is 10.0 Å². The summed E-state index contributed by atoms with van der Waals surface area (Å²) >= 11 is 0. The summed E-state index contributed by atoms with van der Waals surface area (Å²) < 4.78 is 56.6. The lowest BCUT2D eigenvalue weighted by atomic mass is 10.1. The topological polar surface area (TPSA) is 57.6 Å². The number of nitrogens with one attached hydrogen (secondary N) is 1. The van der Waals surface area contributed by atoms with Gasteiger partial charge in [-0.3, -0.25) is 4.90 Å². The van der Waals surface area contributed by atoms with Crippen molar-refractivity contribution >= 4 is 10.0 Å². The lowest BCUT2D eigenvalue weighted by molar-refractivity contribution is 0.109. The Balaban J connectivity index is 1.81. The quantitative estimate of drug-likeness (QED) is 0.803. The molecule has 1 N–H and O–H groups in total. The summed E-state index contributed by atoms with van der Waals surface area (Å²) in [7, 11) is -0.134. The summed E-state index contributed by atoms with van der Waals surface area (Å²) in [6.07, 6.45) is 1.91. The van der Waals surface area contributed by atoms with E-state index in [1.807, 2.05) is 29.9 Å². The number of benzene rings is 1. The first-order valence-corrected chi connectivity index (χ1v) is 10.2. The summed E-state index contributed by atoms with van der Waals surface area (Å²) in [5, 5.41) is 0. The Hall–Kier alpha value is -1.81. The van der Waals surface area contributed by atoms with Crippen molar-refractivity contribution in [2.45, 2.75) is 10.9 Å². The van der Waals surface area contributed by atoms with Crippen LogP contribution in [0.15, 0.2) is 41.4 Å². The predicted molar refractivity (Wildman–Crippen MR) is 98.8 cm³/mol. The molecule has 6 nitrogen and oxygen atoms in total. The van der Waals surface area contributed by atoms with E-state index in [0.29, 0.717) is 6.07 Å². The SMILES string of the molecule is CN1CCN([C@H](CNS(=O)(=O)c2ccc(F)cc2F)c2cccn2C)CC1. The first kappa shape index (κ1) is 19.9. The van der Waals surface area contributed by atoms with E-state index >= 15 is 0 Å². The zero-order valence-corrected chi connectivity index (χ0v) is 16.2. The number of aromatic nitrogens is 1. The summed E-state index contributed by atoms with van der Waals surface area (Å²) in [4.78, 5) is 3.89. The molecule has 2 aromatic rings. The van der Waals surface area contributed by atoms with Crippen LogP contribution in [-0.2, 0) is 17.1 Å². The number of hydrogen-bond donors (Lipinski definition) is 1. The van der Waals surface area contributed by atoms with Gasteiger partial charge in [-0.1, -0.05) is 0 Å². The third-order valence-electron chi connectivity index (χ3n) is 4.95. The second-order valence-electron chi connectivity index (χ2n) is 6.83. The van der Waals surface area contributed by atoms with E-state index in [-0.39, 0.29) is 12.6 Å². The lowest BCUT2D eigenvalue weighted by Crippen LogP contribution is -2.48. The third kappa shape index (κ3) is 4.55. The van der Waals surface area contributed by atoms with Crippen LogP contribution < -0.4 is 4.72 Å². The molecule has 1 aliphatic heterocycles. The first-order chi connectivity index (χ1) is 12.8. The van der Waals surface area contributed by atoms with Gasteiger partial charge < -0.3 is 9.47 Å². The molecule has 2 heterocycles. The Morgan fingerprint density at radius 3 is 2.41 bits per heavy atom. The zero-order valence-electron chi connectivity index (χ0n) is 15.4. The lowest BCUT2D eigenvalue weighted by Gasteiger charge is -2.38. The van der Waals surface area contributed by atoms with Crippen molar-refractivity contribution in [1.82, 2.24) is 19.1 Å². The molecular formula is C18H24F2N4O2S. The molecule has 27 heavy (non-hydrogen) atoms. The Kier molecular flexibility index (Phi) is 5.95. The van der Waals surface area contributed by atoms with Gasteiger partial charge in [0.25, 0.3) is 0 Å².